The number of anilines is 3. The fourth-order valence-electron chi connectivity index (χ4n) is 3.71. The Kier molecular flexibility index (Phi) is 9.35. The Hall–Kier alpha value is -4.29. The molecule has 10 nitrogen and oxygen atoms in total. The van der Waals surface area contributed by atoms with Crippen LogP contribution in [0.4, 0.5) is 21.6 Å². The van der Waals surface area contributed by atoms with Gasteiger partial charge in [0.05, 0.1) is 36.1 Å². The molecule has 0 atom stereocenters. The van der Waals surface area contributed by atoms with Crippen molar-refractivity contribution >= 4 is 62.8 Å². The van der Waals surface area contributed by atoms with Crippen molar-refractivity contribution in [1.29, 1.82) is 0 Å². The minimum Gasteiger partial charge on any atom is -0.494 e. The molecule has 0 fully saturated rings. The summed E-state index contributed by atoms with van der Waals surface area (Å²) in [5.74, 6) is 0.00357. The van der Waals surface area contributed by atoms with Gasteiger partial charge in [-0.15, -0.1) is 11.6 Å². The SMILES string of the molecule is COc1cc2ncnc(Nc3ccc(Oc4nc(CC(=O)NC(C)(C)C)cs4)cc3F)c2cc1NC(=O)/C=C/CCl. The molecule has 2 aromatic heterocycles. The largest absolute Gasteiger partial charge is 0.494 e. The Bertz CT molecular complexity index is 1600. The molecule has 0 bridgehead atoms. The number of ether oxygens (including phenoxy) is 2. The van der Waals surface area contributed by atoms with Crippen LogP contribution in [0.1, 0.15) is 26.5 Å². The summed E-state index contributed by atoms with van der Waals surface area (Å²) in [4.78, 5) is 37.2. The minimum absolute atomic E-state index is 0.114. The molecular weight excluding hydrogens is 571 g/mol. The van der Waals surface area contributed by atoms with Crippen molar-refractivity contribution in [1.82, 2.24) is 20.3 Å². The Morgan fingerprint density at radius 2 is 1.95 bits per heavy atom. The van der Waals surface area contributed by atoms with Crippen molar-refractivity contribution < 1.29 is 23.5 Å². The molecule has 13 heteroatoms. The Labute approximate surface area is 245 Å². The van der Waals surface area contributed by atoms with Gasteiger partial charge in [-0.05, 0) is 39.0 Å². The maximum atomic E-state index is 15.1. The van der Waals surface area contributed by atoms with Gasteiger partial charge in [-0.3, -0.25) is 9.59 Å². The predicted octanol–water partition coefficient (Wildman–Crippen LogP) is 5.96. The van der Waals surface area contributed by atoms with Crippen LogP contribution in [0.15, 0.2) is 54.2 Å². The van der Waals surface area contributed by atoms with Gasteiger partial charge in [-0.1, -0.05) is 17.4 Å². The van der Waals surface area contributed by atoms with E-state index >= 15 is 4.39 Å². The zero-order chi connectivity index (χ0) is 29.6. The summed E-state index contributed by atoms with van der Waals surface area (Å²) in [7, 11) is 1.47. The fourth-order valence-corrected chi connectivity index (χ4v) is 4.48. The maximum absolute atomic E-state index is 15.1. The standard InChI is InChI=1S/C28H28ClFN6O4S/c1-28(2,3)36-25(38)10-16-14-41-27(33-16)40-17-7-8-20(19(30)11-17)35-26-18-12-22(34-24(37)6-5-9-29)23(39-4)13-21(18)31-15-32-26/h5-8,11-15H,9-10H2,1-4H3,(H,34,37)(H,36,38)(H,31,32,35)/b6-5+. The van der Waals surface area contributed by atoms with Crippen LogP contribution < -0.4 is 25.4 Å². The van der Waals surface area contributed by atoms with Crippen molar-refractivity contribution in [2.45, 2.75) is 32.7 Å². The highest BCUT2D eigenvalue weighted by Crippen LogP contribution is 2.34. The number of rotatable bonds is 10. The van der Waals surface area contributed by atoms with Gasteiger partial charge in [-0.25, -0.2) is 19.3 Å². The van der Waals surface area contributed by atoms with Crippen LogP contribution in [0.5, 0.6) is 16.7 Å². The van der Waals surface area contributed by atoms with E-state index in [1.807, 2.05) is 20.8 Å². The molecule has 3 N–H and O–H groups in total. The number of nitrogens with zero attached hydrogens (tertiary/aromatic N) is 3. The number of alkyl halides is 1. The second-order valence-corrected chi connectivity index (χ2v) is 10.9. The number of allylic oxidation sites excluding steroid dienone is 1. The molecule has 0 aliphatic heterocycles. The van der Waals surface area contributed by atoms with E-state index in [2.05, 4.69) is 30.9 Å². The van der Waals surface area contributed by atoms with Crippen molar-refractivity contribution in [3.8, 4) is 16.7 Å². The molecule has 2 heterocycles. The van der Waals surface area contributed by atoms with Crippen LogP contribution in [-0.2, 0) is 16.0 Å². The van der Waals surface area contributed by atoms with Gasteiger partial charge < -0.3 is 25.4 Å². The molecule has 2 amide bonds. The first-order valence-corrected chi connectivity index (χ1v) is 13.8. The number of hydrogen-bond acceptors (Lipinski definition) is 9. The first-order valence-electron chi connectivity index (χ1n) is 12.4. The van der Waals surface area contributed by atoms with E-state index in [0.29, 0.717) is 33.9 Å². The number of carbonyl (C=O) groups is 2. The molecule has 0 radical (unpaired) electrons. The molecule has 214 valence electrons. The van der Waals surface area contributed by atoms with Gasteiger partial charge in [-0.2, -0.15) is 0 Å². The van der Waals surface area contributed by atoms with Crippen LogP contribution in [0, 0.1) is 5.82 Å². The number of aromatic nitrogens is 3. The number of benzene rings is 2. The number of hydrogen-bond donors (Lipinski definition) is 3. The highest BCUT2D eigenvalue weighted by atomic mass is 35.5. The number of halogens is 2. The quantitative estimate of drug-likeness (QED) is 0.151. The Balaban J connectivity index is 1.50. The zero-order valence-corrected chi connectivity index (χ0v) is 24.3. The van der Waals surface area contributed by atoms with E-state index in [-0.39, 0.29) is 40.4 Å². The number of nitrogens with one attached hydrogen (secondary N) is 3. The number of methoxy groups -OCH3 is 1. The number of fused-ring (bicyclic) bond motifs is 1. The Morgan fingerprint density at radius 3 is 2.66 bits per heavy atom. The zero-order valence-electron chi connectivity index (χ0n) is 22.7. The third-order valence-corrected chi connectivity index (χ3v) is 6.30. The molecule has 0 aliphatic rings. The predicted molar refractivity (Wildman–Crippen MR) is 158 cm³/mol. The smallest absolute Gasteiger partial charge is 0.278 e. The van der Waals surface area contributed by atoms with E-state index in [1.54, 1.807) is 23.6 Å². The minimum atomic E-state index is -0.594. The van der Waals surface area contributed by atoms with Gasteiger partial charge in [0.25, 0.3) is 5.19 Å². The summed E-state index contributed by atoms with van der Waals surface area (Å²) in [6.07, 6.45) is 4.27. The van der Waals surface area contributed by atoms with Crippen LogP contribution in [0.2, 0.25) is 0 Å². The van der Waals surface area contributed by atoms with Crippen LogP contribution in [0.25, 0.3) is 10.9 Å². The first kappa shape index (κ1) is 29.7. The maximum Gasteiger partial charge on any atom is 0.278 e. The molecule has 0 spiro atoms. The molecule has 0 unspecified atom stereocenters. The summed E-state index contributed by atoms with van der Waals surface area (Å²) in [6, 6.07) is 7.59. The number of amides is 2. The fraction of sp³-hybridized carbons (Fsp3) is 0.250. The second kappa shape index (κ2) is 12.9. The van der Waals surface area contributed by atoms with Crippen molar-refractivity contribution in [2.75, 3.05) is 23.6 Å². The van der Waals surface area contributed by atoms with E-state index in [1.165, 1.54) is 49.1 Å². The topological polar surface area (TPSA) is 127 Å². The third-order valence-electron chi connectivity index (χ3n) is 5.36. The number of thiazole rings is 1. The molecule has 0 saturated heterocycles. The lowest BCUT2D eigenvalue weighted by atomic mass is 10.1. The molecule has 2 aromatic carbocycles. The lowest BCUT2D eigenvalue weighted by Crippen LogP contribution is -2.41. The van der Waals surface area contributed by atoms with Crippen molar-refractivity contribution in [3.05, 3.63) is 65.7 Å². The second-order valence-electron chi connectivity index (χ2n) is 9.79. The Morgan fingerprint density at radius 1 is 1.15 bits per heavy atom. The molecule has 4 rings (SSSR count). The van der Waals surface area contributed by atoms with Crippen LogP contribution >= 0.6 is 22.9 Å². The lowest BCUT2D eigenvalue weighted by Gasteiger charge is -2.19. The van der Waals surface area contributed by atoms with Crippen LogP contribution in [0.3, 0.4) is 0 Å². The highest BCUT2D eigenvalue weighted by molar-refractivity contribution is 7.11. The molecule has 4 aromatic rings. The van der Waals surface area contributed by atoms with E-state index in [4.69, 9.17) is 21.1 Å². The average Bonchev–Trinajstić information content (AvgIpc) is 3.34. The molecule has 0 aliphatic carbocycles. The highest BCUT2D eigenvalue weighted by Gasteiger charge is 2.17. The van der Waals surface area contributed by atoms with Crippen molar-refractivity contribution in [3.63, 3.8) is 0 Å². The van der Waals surface area contributed by atoms with E-state index < -0.39 is 11.7 Å². The lowest BCUT2D eigenvalue weighted by molar-refractivity contribution is -0.121. The van der Waals surface area contributed by atoms with Gasteiger partial charge in [0.1, 0.15) is 29.5 Å². The normalized spacial score (nSPS) is 11.5. The summed E-state index contributed by atoms with van der Waals surface area (Å²) in [5, 5.41) is 11.1. The average molecular weight is 599 g/mol. The van der Waals surface area contributed by atoms with Crippen molar-refractivity contribution in [2.24, 2.45) is 0 Å². The molecule has 0 saturated carbocycles. The summed E-state index contributed by atoms with van der Waals surface area (Å²) in [5.41, 5.74) is 1.26. The first-order chi connectivity index (χ1) is 19.5. The van der Waals surface area contributed by atoms with E-state index in [9.17, 15) is 9.59 Å². The summed E-state index contributed by atoms with van der Waals surface area (Å²) >= 11 is 6.82. The van der Waals surface area contributed by atoms with E-state index in [0.717, 1.165) is 0 Å². The summed E-state index contributed by atoms with van der Waals surface area (Å²) in [6.45, 7) is 5.70. The number of carbonyl (C=O) groups excluding carboxylic acids is 2. The molecular formula is C28H28ClFN6O4S. The van der Waals surface area contributed by atoms with Crippen LogP contribution in [-0.4, -0.2) is 45.3 Å². The molecule has 41 heavy (non-hydrogen) atoms. The van der Waals surface area contributed by atoms with Gasteiger partial charge in [0.2, 0.25) is 11.8 Å². The summed E-state index contributed by atoms with van der Waals surface area (Å²) < 4.78 is 26.2. The van der Waals surface area contributed by atoms with Gasteiger partial charge >= 0.3 is 0 Å². The van der Waals surface area contributed by atoms with Gasteiger partial charge in [0.15, 0.2) is 0 Å². The third kappa shape index (κ3) is 8.12. The van der Waals surface area contributed by atoms with Gasteiger partial charge in [0, 0.05) is 40.4 Å². The monoisotopic (exact) mass is 598 g/mol.